The fourth-order valence-corrected chi connectivity index (χ4v) is 0.888. The Labute approximate surface area is 67.7 Å². The second kappa shape index (κ2) is 2.61. The third kappa shape index (κ3) is 1.12. The van der Waals surface area contributed by atoms with E-state index in [4.69, 9.17) is 0 Å². The van der Waals surface area contributed by atoms with Crippen molar-refractivity contribution in [1.29, 1.82) is 0 Å². The molecule has 0 aliphatic carbocycles. The second-order valence-corrected chi connectivity index (χ2v) is 2.25. The molecule has 0 radical (unpaired) electrons. The lowest BCUT2D eigenvalue weighted by atomic mass is 10.5. The van der Waals surface area contributed by atoms with Crippen LogP contribution in [0.5, 0.6) is 0 Å². The first kappa shape index (κ1) is 6.78. The van der Waals surface area contributed by atoms with Crippen molar-refractivity contribution in [1.82, 2.24) is 19.5 Å². The van der Waals surface area contributed by atoms with E-state index in [0.29, 0.717) is 0 Å². The van der Waals surface area contributed by atoms with Gasteiger partial charge in [-0.15, -0.1) is 0 Å². The molecule has 0 aromatic carbocycles. The first-order valence-electron chi connectivity index (χ1n) is 3.39. The molecule has 0 saturated carbocycles. The Hall–Kier alpha value is -1.91. The summed E-state index contributed by atoms with van der Waals surface area (Å²) in [5, 5.41) is 0. The summed E-state index contributed by atoms with van der Waals surface area (Å²) in [5.41, 5.74) is 0.436. The van der Waals surface area contributed by atoms with E-state index in [1.54, 1.807) is 29.5 Å². The Morgan fingerprint density at radius 3 is 3.00 bits per heavy atom. The Morgan fingerprint density at radius 2 is 2.42 bits per heavy atom. The zero-order valence-corrected chi connectivity index (χ0v) is 6.14. The fraction of sp³-hybridized carbons (Fsp3) is 0. The first-order chi connectivity index (χ1) is 5.86. The van der Waals surface area contributed by atoms with Gasteiger partial charge in [0, 0.05) is 18.6 Å². The Morgan fingerprint density at radius 1 is 1.50 bits per heavy atom. The third-order valence-corrected chi connectivity index (χ3v) is 1.46. The minimum absolute atomic E-state index is 0.348. The normalized spacial score (nSPS) is 10.0. The van der Waals surface area contributed by atoms with Crippen molar-refractivity contribution in [2.45, 2.75) is 0 Å². The molecule has 2 aromatic rings. The number of imidazole rings is 1. The maximum atomic E-state index is 10.6. The molecule has 0 atom stereocenters. The molecule has 0 aliphatic rings. The van der Waals surface area contributed by atoms with E-state index in [2.05, 4.69) is 15.0 Å². The van der Waals surface area contributed by atoms with Gasteiger partial charge in [-0.3, -0.25) is 0 Å². The van der Waals surface area contributed by atoms with Gasteiger partial charge in [0.15, 0.2) is 0 Å². The van der Waals surface area contributed by atoms with Crippen molar-refractivity contribution in [3.05, 3.63) is 41.6 Å². The molecule has 5 nitrogen and oxygen atoms in total. The standard InChI is InChI=1S/C7H6N4O/c12-7-9-3-6(4-10-7)11-2-1-8-5-11/h1-5H,(H,9,10,12). The first-order valence-corrected chi connectivity index (χ1v) is 3.39. The molecular weight excluding hydrogens is 156 g/mol. The van der Waals surface area contributed by atoms with Gasteiger partial charge in [0.2, 0.25) is 0 Å². The molecule has 0 aliphatic heterocycles. The van der Waals surface area contributed by atoms with Crippen LogP contribution in [0.25, 0.3) is 5.69 Å². The van der Waals surface area contributed by atoms with Crippen LogP contribution in [0, 0.1) is 0 Å². The molecule has 0 fully saturated rings. The molecule has 60 valence electrons. The van der Waals surface area contributed by atoms with Crippen LogP contribution in [0.15, 0.2) is 35.9 Å². The van der Waals surface area contributed by atoms with E-state index >= 15 is 0 Å². The second-order valence-electron chi connectivity index (χ2n) is 2.25. The van der Waals surface area contributed by atoms with Crippen LogP contribution in [0.4, 0.5) is 0 Å². The molecule has 5 heteroatoms. The lowest BCUT2D eigenvalue weighted by molar-refractivity contribution is 0.979. The summed E-state index contributed by atoms with van der Waals surface area (Å²) in [6.45, 7) is 0. The molecule has 0 amide bonds. The maximum absolute atomic E-state index is 10.6. The van der Waals surface area contributed by atoms with E-state index in [-0.39, 0.29) is 5.69 Å². The van der Waals surface area contributed by atoms with Gasteiger partial charge in [-0.2, -0.15) is 4.98 Å². The molecule has 2 heterocycles. The van der Waals surface area contributed by atoms with Crippen molar-refractivity contribution in [2.75, 3.05) is 0 Å². The van der Waals surface area contributed by atoms with Crippen molar-refractivity contribution in [3.63, 3.8) is 0 Å². The number of aromatic amines is 1. The highest BCUT2D eigenvalue weighted by Gasteiger charge is 1.93. The average Bonchev–Trinajstić information content (AvgIpc) is 2.58. The van der Waals surface area contributed by atoms with Gasteiger partial charge >= 0.3 is 5.69 Å². The molecule has 2 aromatic heterocycles. The Kier molecular flexibility index (Phi) is 1.48. The van der Waals surface area contributed by atoms with Crippen molar-refractivity contribution in [3.8, 4) is 5.69 Å². The quantitative estimate of drug-likeness (QED) is 0.639. The topological polar surface area (TPSA) is 63.6 Å². The van der Waals surface area contributed by atoms with Gasteiger partial charge in [0.1, 0.15) is 0 Å². The summed E-state index contributed by atoms with van der Waals surface area (Å²) in [6, 6.07) is 0. The highest BCUT2D eigenvalue weighted by molar-refractivity contribution is 5.23. The monoisotopic (exact) mass is 162 g/mol. The molecular formula is C7H6N4O. The van der Waals surface area contributed by atoms with Crippen molar-refractivity contribution < 1.29 is 0 Å². The van der Waals surface area contributed by atoms with E-state index in [9.17, 15) is 4.79 Å². The van der Waals surface area contributed by atoms with Gasteiger partial charge in [0.05, 0.1) is 18.2 Å². The Balaban J connectivity index is 2.49. The van der Waals surface area contributed by atoms with Gasteiger partial charge in [-0.25, -0.2) is 9.78 Å². The highest BCUT2D eigenvalue weighted by Crippen LogP contribution is 1.99. The molecule has 0 unspecified atom stereocenters. The van der Waals surface area contributed by atoms with Crippen LogP contribution in [0.3, 0.4) is 0 Å². The number of nitrogens with one attached hydrogen (secondary N) is 1. The Bertz CT molecular complexity index is 397. The summed E-state index contributed by atoms with van der Waals surface area (Å²) in [7, 11) is 0. The third-order valence-electron chi connectivity index (χ3n) is 1.46. The minimum Gasteiger partial charge on any atom is -0.311 e. The predicted molar refractivity (Wildman–Crippen MR) is 42.0 cm³/mol. The minimum atomic E-state index is -0.348. The SMILES string of the molecule is O=c1ncc(-n2ccnc2)c[nH]1. The van der Waals surface area contributed by atoms with E-state index in [1.165, 1.54) is 6.20 Å². The predicted octanol–water partition coefficient (Wildman–Crippen LogP) is -0.0444. The smallest absolute Gasteiger partial charge is 0.311 e. The van der Waals surface area contributed by atoms with Crippen LogP contribution in [-0.2, 0) is 0 Å². The number of rotatable bonds is 1. The zero-order chi connectivity index (χ0) is 8.39. The summed E-state index contributed by atoms with van der Waals surface area (Å²) in [5.74, 6) is 0. The molecule has 1 N–H and O–H groups in total. The summed E-state index contributed by atoms with van der Waals surface area (Å²) in [4.78, 5) is 20.5. The number of aromatic nitrogens is 4. The lowest BCUT2D eigenvalue weighted by Gasteiger charge is -1.97. The number of hydrogen-bond donors (Lipinski definition) is 1. The van der Waals surface area contributed by atoms with Gasteiger partial charge in [-0.1, -0.05) is 0 Å². The molecule has 0 saturated heterocycles. The number of H-pyrrole nitrogens is 1. The largest absolute Gasteiger partial charge is 0.345 e. The van der Waals surface area contributed by atoms with Crippen LogP contribution in [0.1, 0.15) is 0 Å². The van der Waals surface area contributed by atoms with Crippen LogP contribution in [-0.4, -0.2) is 19.5 Å². The van der Waals surface area contributed by atoms with Gasteiger partial charge in [0.25, 0.3) is 0 Å². The van der Waals surface area contributed by atoms with E-state index in [0.717, 1.165) is 5.69 Å². The molecule has 2 rings (SSSR count). The van der Waals surface area contributed by atoms with Crippen molar-refractivity contribution in [2.24, 2.45) is 0 Å². The van der Waals surface area contributed by atoms with Crippen molar-refractivity contribution >= 4 is 0 Å². The highest BCUT2D eigenvalue weighted by atomic mass is 16.1. The lowest BCUT2D eigenvalue weighted by Crippen LogP contribution is -2.09. The fourth-order valence-electron chi connectivity index (χ4n) is 0.888. The maximum Gasteiger partial charge on any atom is 0.345 e. The number of hydrogen-bond acceptors (Lipinski definition) is 3. The number of nitrogens with zero attached hydrogens (tertiary/aromatic N) is 3. The molecule has 0 bridgehead atoms. The van der Waals surface area contributed by atoms with Gasteiger partial charge in [-0.05, 0) is 0 Å². The zero-order valence-electron chi connectivity index (χ0n) is 6.14. The molecule has 12 heavy (non-hydrogen) atoms. The van der Waals surface area contributed by atoms with Crippen LogP contribution in [0.2, 0.25) is 0 Å². The molecule has 0 spiro atoms. The van der Waals surface area contributed by atoms with Crippen LogP contribution >= 0.6 is 0 Å². The average molecular weight is 162 g/mol. The summed E-state index contributed by atoms with van der Waals surface area (Å²) < 4.78 is 1.75. The van der Waals surface area contributed by atoms with Gasteiger partial charge < -0.3 is 9.55 Å². The summed E-state index contributed by atoms with van der Waals surface area (Å²) in [6.07, 6.45) is 8.13. The summed E-state index contributed by atoms with van der Waals surface area (Å²) >= 11 is 0. The van der Waals surface area contributed by atoms with E-state index in [1.807, 2.05) is 0 Å². The van der Waals surface area contributed by atoms with E-state index < -0.39 is 0 Å². The van der Waals surface area contributed by atoms with Crippen LogP contribution < -0.4 is 5.69 Å².